The van der Waals surface area contributed by atoms with Crippen LogP contribution in [0.1, 0.15) is 29.8 Å². The minimum Gasteiger partial charge on any atom is -0.382 e. The van der Waals surface area contributed by atoms with Gasteiger partial charge in [-0.15, -0.1) is 0 Å². The molecule has 0 spiro atoms. The van der Waals surface area contributed by atoms with Gasteiger partial charge in [-0.05, 0) is 30.7 Å². The number of hydrogen-bond acceptors (Lipinski definition) is 2. The van der Waals surface area contributed by atoms with E-state index in [2.05, 4.69) is 21.0 Å². The highest BCUT2D eigenvalue weighted by Crippen LogP contribution is 2.37. The molecule has 2 rings (SSSR count). The van der Waals surface area contributed by atoms with Crippen molar-refractivity contribution in [1.82, 2.24) is 9.78 Å². The molecule has 20 heavy (non-hydrogen) atoms. The first-order valence-electron chi connectivity index (χ1n) is 5.91. The fourth-order valence-electron chi connectivity index (χ4n) is 1.94. The van der Waals surface area contributed by atoms with E-state index in [0.29, 0.717) is 12.2 Å². The second-order valence-electron chi connectivity index (χ2n) is 4.21. The standard InChI is InChI=1S/C13H12BrF3N2O/c1-2-19-11(5-6-18-19)12(20)8-3-4-10(14)9(7-8)13(15,16)17/h3-7,12,20H,2H2,1H3. The van der Waals surface area contributed by atoms with Gasteiger partial charge in [0.1, 0.15) is 6.10 Å². The minimum absolute atomic E-state index is 0.0510. The van der Waals surface area contributed by atoms with E-state index in [-0.39, 0.29) is 10.0 Å². The zero-order chi connectivity index (χ0) is 14.9. The smallest absolute Gasteiger partial charge is 0.382 e. The lowest BCUT2D eigenvalue weighted by atomic mass is 10.0. The molecular weight excluding hydrogens is 337 g/mol. The number of aliphatic hydroxyl groups excluding tert-OH is 1. The molecule has 0 aliphatic heterocycles. The molecular formula is C13H12BrF3N2O. The number of benzene rings is 1. The number of aromatic nitrogens is 2. The summed E-state index contributed by atoms with van der Waals surface area (Å²) < 4.78 is 40.0. The van der Waals surface area contributed by atoms with Crippen LogP contribution in [0.3, 0.4) is 0 Å². The Morgan fingerprint density at radius 3 is 2.65 bits per heavy atom. The molecule has 0 bridgehead atoms. The van der Waals surface area contributed by atoms with Crippen LogP contribution in [0.2, 0.25) is 0 Å². The molecule has 1 unspecified atom stereocenters. The highest BCUT2D eigenvalue weighted by molar-refractivity contribution is 9.10. The molecule has 3 nitrogen and oxygen atoms in total. The Kier molecular flexibility index (Phi) is 4.19. The molecule has 0 aliphatic carbocycles. The van der Waals surface area contributed by atoms with Crippen molar-refractivity contribution in [1.29, 1.82) is 0 Å². The highest BCUT2D eigenvalue weighted by atomic mass is 79.9. The third-order valence-electron chi connectivity index (χ3n) is 2.94. The Labute approximate surface area is 122 Å². The quantitative estimate of drug-likeness (QED) is 0.916. The van der Waals surface area contributed by atoms with E-state index < -0.39 is 17.8 Å². The predicted octanol–water partition coefficient (Wildman–Crippen LogP) is 3.77. The normalized spacial score (nSPS) is 13.5. The van der Waals surface area contributed by atoms with Gasteiger partial charge in [0, 0.05) is 17.2 Å². The van der Waals surface area contributed by atoms with Crippen LogP contribution in [0.25, 0.3) is 0 Å². The van der Waals surface area contributed by atoms with Crippen LogP contribution in [0.4, 0.5) is 13.2 Å². The number of nitrogens with zero attached hydrogens (tertiary/aromatic N) is 2. The fourth-order valence-corrected chi connectivity index (χ4v) is 2.41. The second kappa shape index (κ2) is 5.57. The number of aliphatic hydroxyl groups is 1. The number of alkyl halides is 3. The lowest BCUT2D eigenvalue weighted by Gasteiger charge is -2.16. The molecule has 0 amide bonds. The van der Waals surface area contributed by atoms with Crippen LogP contribution >= 0.6 is 15.9 Å². The van der Waals surface area contributed by atoms with E-state index in [1.165, 1.54) is 18.3 Å². The molecule has 1 heterocycles. The number of halogens is 4. The topological polar surface area (TPSA) is 38.0 Å². The predicted molar refractivity (Wildman–Crippen MR) is 71.1 cm³/mol. The summed E-state index contributed by atoms with van der Waals surface area (Å²) in [4.78, 5) is 0. The van der Waals surface area contributed by atoms with E-state index in [4.69, 9.17) is 0 Å². The van der Waals surface area contributed by atoms with Gasteiger partial charge < -0.3 is 5.11 Å². The van der Waals surface area contributed by atoms with Crippen molar-refractivity contribution in [3.05, 3.63) is 51.8 Å². The van der Waals surface area contributed by atoms with Gasteiger partial charge in [0.25, 0.3) is 0 Å². The van der Waals surface area contributed by atoms with E-state index in [1.54, 1.807) is 10.7 Å². The lowest BCUT2D eigenvalue weighted by molar-refractivity contribution is -0.138. The number of rotatable bonds is 3. The molecule has 2 aromatic rings. The molecule has 0 radical (unpaired) electrons. The summed E-state index contributed by atoms with van der Waals surface area (Å²) >= 11 is 2.87. The summed E-state index contributed by atoms with van der Waals surface area (Å²) in [7, 11) is 0. The molecule has 1 aromatic carbocycles. The average molecular weight is 349 g/mol. The maximum absolute atomic E-state index is 12.9. The molecule has 7 heteroatoms. The van der Waals surface area contributed by atoms with Crippen LogP contribution in [0, 0.1) is 0 Å². The van der Waals surface area contributed by atoms with Crippen molar-refractivity contribution in [2.75, 3.05) is 0 Å². The second-order valence-corrected chi connectivity index (χ2v) is 5.07. The Balaban J connectivity index is 2.43. The third kappa shape index (κ3) is 2.88. The Morgan fingerprint density at radius 1 is 1.35 bits per heavy atom. The summed E-state index contributed by atoms with van der Waals surface area (Å²) in [6.45, 7) is 2.37. The summed E-state index contributed by atoms with van der Waals surface area (Å²) in [5.41, 5.74) is -0.171. The highest BCUT2D eigenvalue weighted by Gasteiger charge is 2.33. The lowest BCUT2D eigenvalue weighted by Crippen LogP contribution is -2.11. The Bertz CT molecular complexity index is 610. The summed E-state index contributed by atoms with van der Waals surface area (Å²) in [5.74, 6) is 0. The van der Waals surface area contributed by atoms with Crippen molar-refractivity contribution in [3.8, 4) is 0 Å². The van der Waals surface area contributed by atoms with E-state index in [9.17, 15) is 18.3 Å². The SMILES string of the molecule is CCn1nccc1C(O)c1ccc(Br)c(C(F)(F)F)c1. The van der Waals surface area contributed by atoms with E-state index in [0.717, 1.165) is 6.07 Å². The van der Waals surface area contributed by atoms with Gasteiger partial charge in [-0.1, -0.05) is 22.0 Å². The van der Waals surface area contributed by atoms with Crippen molar-refractivity contribution in [2.45, 2.75) is 25.7 Å². The maximum Gasteiger partial charge on any atom is 0.417 e. The Hall–Kier alpha value is -1.34. The monoisotopic (exact) mass is 348 g/mol. The molecule has 0 fully saturated rings. The van der Waals surface area contributed by atoms with Crippen LogP contribution in [-0.4, -0.2) is 14.9 Å². The van der Waals surface area contributed by atoms with Gasteiger partial charge in [-0.2, -0.15) is 18.3 Å². The van der Waals surface area contributed by atoms with Gasteiger partial charge in [0.2, 0.25) is 0 Å². The van der Waals surface area contributed by atoms with Crippen molar-refractivity contribution in [3.63, 3.8) is 0 Å². The van der Waals surface area contributed by atoms with Crippen molar-refractivity contribution >= 4 is 15.9 Å². The van der Waals surface area contributed by atoms with Gasteiger partial charge in [0.05, 0.1) is 11.3 Å². The molecule has 108 valence electrons. The largest absolute Gasteiger partial charge is 0.417 e. The van der Waals surface area contributed by atoms with E-state index in [1.807, 2.05) is 6.92 Å². The number of aryl methyl sites for hydroxylation is 1. The van der Waals surface area contributed by atoms with Crippen LogP contribution in [0.15, 0.2) is 34.9 Å². The number of hydrogen-bond donors (Lipinski definition) is 1. The van der Waals surface area contributed by atoms with Gasteiger partial charge in [-0.25, -0.2) is 0 Å². The fraction of sp³-hybridized carbons (Fsp3) is 0.308. The van der Waals surface area contributed by atoms with Crippen LogP contribution in [-0.2, 0) is 12.7 Å². The van der Waals surface area contributed by atoms with Gasteiger partial charge in [-0.3, -0.25) is 4.68 Å². The van der Waals surface area contributed by atoms with Crippen molar-refractivity contribution < 1.29 is 18.3 Å². The van der Waals surface area contributed by atoms with Crippen LogP contribution < -0.4 is 0 Å². The van der Waals surface area contributed by atoms with Crippen molar-refractivity contribution in [2.24, 2.45) is 0 Å². The average Bonchev–Trinajstić information content (AvgIpc) is 2.85. The zero-order valence-electron chi connectivity index (χ0n) is 10.5. The summed E-state index contributed by atoms with van der Waals surface area (Å²) in [6.07, 6.45) is -4.11. The summed E-state index contributed by atoms with van der Waals surface area (Å²) in [6, 6.07) is 5.27. The molecule has 1 N–H and O–H groups in total. The molecule has 1 aromatic heterocycles. The minimum atomic E-state index is -4.47. The zero-order valence-corrected chi connectivity index (χ0v) is 12.1. The molecule has 0 saturated carbocycles. The Morgan fingerprint density at radius 2 is 2.05 bits per heavy atom. The first-order chi connectivity index (χ1) is 9.34. The molecule has 0 saturated heterocycles. The first-order valence-corrected chi connectivity index (χ1v) is 6.70. The van der Waals surface area contributed by atoms with Gasteiger partial charge >= 0.3 is 6.18 Å². The van der Waals surface area contributed by atoms with Gasteiger partial charge in [0.15, 0.2) is 0 Å². The first kappa shape index (κ1) is 15.1. The van der Waals surface area contributed by atoms with Crippen LogP contribution in [0.5, 0.6) is 0 Å². The molecule has 1 atom stereocenters. The maximum atomic E-state index is 12.9. The third-order valence-corrected chi connectivity index (χ3v) is 3.63. The molecule has 0 aliphatic rings. The summed E-state index contributed by atoms with van der Waals surface area (Å²) in [5, 5.41) is 14.2. The van der Waals surface area contributed by atoms with E-state index >= 15 is 0 Å².